The second-order valence-electron chi connectivity index (χ2n) is 13.7. The summed E-state index contributed by atoms with van der Waals surface area (Å²) in [6, 6.07) is 70.9. The Bertz CT molecular complexity index is 3160. The lowest BCUT2D eigenvalue weighted by Crippen LogP contribution is -2.10. The monoisotopic (exact) mass is 692 g/mol. The minimum Gasteiger partial charge on any atom is -0.310 e. The maximum atomic E-state index is 2.42. The molecule has 2 heterocycles. The predicted molar refractivity (Wildman–Crippen MR) is 229 cm³/mol. The lowest BCUT2D eigenvalue weighted by Gasteiger charge is -2.27. The fourth-order valence-corrected chi connectivity index (χ4v) is 9.53. The van der Waals surface area contributed by atoms with E-state index in [0.29, 0.717) is 0 Å². The van der Waals surface area contributed by atoms with Gasteiger partial charge in [-0.1, -0.05) is 127 Å². The normalized spacial score (nSPS) is 11.8. The van der Waals surface area contributed by atoms with E-state index in [1.165, 1.54) is 80.3 Å². The third kappa shape index (κ3) is 4.78. The molecule has 0 spiro atoms. The molecular formula is C50H32N2S. The molecule has 0 saturated carbocycles. The first-order chi connectivity index (χ1) is 26.3. The van der Waals surface area contributed by atoms with Crippen molar-refractivity contribution in [1.29, 1.82) is 0 Å². The van der Waals surface area contributed by atoms with Gasteiger partial charge in [0.15, 0.2) is 0 Å². The van der Waals surface area contributed by atoms with Gasteiger partial charge >= 0.3 is 0 Å². The molecule has 0 aliphatic rings. The highest BCUT2D eigenvalue weighted by molar-refractivity contribution is 7.26. The van der Waals surface area contributed by atoms with Gasteiger partial charge in [-0.05, 0) is 94.0 Å². The number of anilines is 3. The van der Waals surface area contributed by atoms with Crippen LogP contribution >= 0.6 is 11.3 Å². The van der Waals surface area contributed by atoms with Crippen LogP contribution in [-0.2, 0) is 0 Å². The molecule has 2 aromatic heterocycles. The lowest BCUT2D eigenvalue weighted by molar-refractivity contribution is 1.18. The van der Waals surface area contributed by atoms with E-state index in [1.807, 2.05) is 11.3 Å². The van der Waals surface area contributed by atoms with Gasteiger partial charge in [0, 0.05) is 53.4 Å². The van der Waals surface area contributed by atoms with Crippen LogP contribution in [0.4, 0.5) is 17.1 Å². The van der Waals surface area contributed by atoms with E-state index in [1.54, 1.807) is 0 Å². The van der Waals surface area contributed by atoms with Crippen molar-refractivity contribution in [1.82, 2.24) is 4.57 Å². The molecule has 0 amide bonds. The van der Waals surface area contributed by atoms with E-state index < -0.39 is 0 Å². The quantitative estimate of drug-likeness (QED) is 0.174. The molecule has 0 bridgehead atoms. The molecule has 0 N–H and O–H groups in total. The first kappa shape index (κ1) is 30.0. The molecule has 9 aromatic carbocycles. The highest BCUT2D eigenvalue weighted by atomic mass is 32.1. The standard InChI is InChI=1S/C50H32N2S/c1-2-15-38(16-3-1)52-46-29-24-37(32-44(46)49-47(52)30-28-43-42-18-8-9-20-48(42)53-50(43)49)34-21-25-39(26-22-34)51(40-27-23-33-11-4-5-13-36(33)31-40)45-19-10-14-35-12-6-7-17-41(35)45/h1-32H. The molecule has 0 radical (unpaired) electrons. The average molecular weight is 693 g/mol. The van der Waals surface area contributed by atoms with E-state index in [9.17, 15) is 0 Å². The summed E-state index contributed by atoms with van der Waals surface area (Å²) in [7, 11) is 0. The Labute approximate surface area is 311 Å². The molecule has 0 aliphatic heterocycles. The molecule has 11 aromatic rings. The fraction of sp³-hybridized carbons (Fsp3) is 0. The van der Waals surface area contributed by atoms with Crippen molar-refractivity contribution in [2.24, 2.45) is 0 Å². The Kier molecular flexibility index (Phi) is 6.76. The maximum Gasteiger partial charge on any atom is 0.0555 e. The second-order valence-corrected chi connectivity index (χ2v) is 14.8. The SMILES string of the molecule is c1ccc(-n2c3ccc(-c4ccc(N(c5ccc6ccccc6c5)c5cccc6ccccc56)cc4)cc3c3c4sc5ccccc5c4ccc32)cc1. The third-order valence-electron chi connectivity index (χ3n) is 10.7. The van der Waals surface area contributed by atoms with Crippen molar-refractivity contribution in [2.45, 2.75) is 0 Å². The summed E-state index contributed by atoms with van der Waals surface area (Å²) in [5.74, 6) is 0. The van der Waals surface area contributed by atoms with Crippen LogP contribution in [0.15, 0.2) is 194 Å². The predicted octanol–water partition coefficient (Wildman–Crippen LogP) is 14.6. The van der Waals surface area contributed by atoms with Crippen LogP contribution in [0.25, 0.3) is 80.3 Å². The Balaban J connectivity index is 1.09. The van der Waals surface area contributed by atoms with Crippen LogP contribution in [0.3, 0.4) is 0 Å². The van der Waals surface area contributed by atoms with E-state index in [4.69, 9.17) is 0 Å². The number of nitrogens with zero attached hydrogens (tertiary/aromatic N) is 2. The maximum absolute atomic E-state index is 2.42. The van der Waals surface area contributed by atoms with E-state index in [2.05, 4.69) is 204 Å². The molecular weight excluding hydrogens is 661 g/mol. The summed E-state index contributed by atoms with van der Waals surface area (Å²) in [6.07, 6.45) is 0. The number of hydrogen-bond donors (Lipinski definition) is 0. The highest BCUT2D eigenvalue weighted by Gasteiger charge is 2.19. The van der Waals surface area contributed by atoms with Crippen LogP contribution in [0, 0.1) is 0 Å². The number of thiophene rings is 1. The molecule has 0 aliphatic carbocycles. The summed E-state index contributed by atoms with van der Waals surface area (Å²) in [5.41, 5.74) is 9.44. The Morgan fingerprint density at radius 3 is 1.94 bits per heavy atom. The fourth-order valence-electron chi connectivity index (χ4n) is 8.27. The van der Waals surface area contributed by atoms with Crippen molar-refractivity contribution >= 4 is 91.9 Å². The summed E-state index contributed by atoms with van der Waals surface area (Å²) >= 11 is 1.90. The number of rotatable bonds is 5. The van der Waals surface area contributed by atoms with Crippen LogP contribution < -0.4 is 4.90 Å². The van der Waals surface area contributed by atoms with Crippen molar-refractivity contribution < 1.29 is 0 Å². The van der Waals surface area contributed by atoms with Gasteiger partial charge in [-0.15, -0.1) is 11.3 Å². The van der Waals surface area contributed by atoms with Crippen molar-refractivity contribution in [3.05, 3.63) is 194 Å². The largest absolute Gasteiger partial charge is 0.310 e. The van der Waals surface area contributed by atoms with Crippen LogP contribution in [0.1, 0.15) is 0 Å². The number of benzene rings is 9. The summed E-state index contributed by atoms with van der Waals surface area (Å²) in [4.78, 5) is 2.40. The first-order valence-electron chi connectivity index (χ1n) is 18.1. The molecule has 2 nitrogen and oxygen atoms in total. The minimum absolute atomic E-state index is 1.12. The summed E-state index contributed by atoms with van der Waals surface area (Å²) in [6.45, 7) is 0. The highest BCUT2D eigenvalue weighted by Crippen LogP contribution is 2.45. The molecule has 248 valence electrons. The lowest BCUT2D eigenvalue weighted by atomic mass is 10.0. The third-order valence-corrected chi connectivity index (χ3v) is 11.9. The zero-order valence-electron chi connectivity index (χ0n) is 28.8. The van der Waals surface area contributed by atoms with Gasteiger partial charge in [0.2, 0.25) is 0 Å². The van der Waals surface area contributed by atoms with E-state index in [0.717, 1.165) is 17.1 Å². The molecule has 3 heteroatoms. The van der Waals surface area contributed by atoms with Crippen molar-refractivity contribution in [3.63, 3.8) is 0 Å². The average Bonchev–Trinajstić information content (AvgIpc) is 3.77. The van der Waals surface area contributed by atoms with Crippen LogP contribution in [0.5, 0.6) is 0 Å². The first-order valence-corrected chi connectivity index (χ1v) is 18.9. The van der Waals surface area contributed by atoms with Gasteiger partial charge in [0.25, 0.3) is 0 Å². The number of para-hydroxylation sites is 1. The molecule has 53 heavy (non-hydrogen) atoms. The van der Waals surface area contributed by atoms with E-state index in [-0.39, 0.29) is 0 Å². The molecule has 0 unspecified atom stereocenters. The molecule has 0 fully saturated rings. The van der Waals surface area contributed by atoms with Crippen molar-refractivity contribution in [2.75, 3.05) is 4.90 Å². The molecule has 11 rings (SSSR count). The molecule has 0 saturated heterocycles. The Morgan fingerprint density at radius 1 is 0.396 bits per heavy atom. The zero-order chi connectivity index (χ0) is 34.9. The summed E-state index contributed by atoms with van der Waals surface area (Å²) in [5, 5.41) is 10.1. The van der Waals surface area contributed by atoms with Gasteiger partial charge in [0.05, 0.1) is 16.7 Å². The smallest absolute Gasteiger partial charge is 0.0555 e. The Hall–Kier alpha value is -6.68. The topological polar surface area (TPSA) is 8.17 Å². The van der Waals surface area contributed by atoms with Gasteiger partial charge in [-0.3, -0.25) is 0 Å². The number of aromatic nitrogens is 1. The molecule has 0 atom stereocenters. The Morgan fingerprint density at radius 2 is 1.08 bits per heavy atom. The van der Waals surface area contributed by atoms with Gasteiger partial charge < -0.3 is 9.47 Å². The second kappa shape index (κ2) is 11.9. The van der Waals surface area contributed by atoms with Gasteiger partial charge in [0.1, 0.15) is 0 Å². The van der Waals surface area contributed by atoms with Crippen LogP contribution in [-0.4, -0.2) is 4.57 Å². The zero-order valence-corrected chi connectivity index (χ0v) is 29.6. The van der Waals surface area contributed by atoms with E-state index >= 15 is 0 Å². The van der Waals surface area contributed by atoms with Crippen LogP contribution in [0.2, 0.25) is 0 Å². The summed E-state index contributed by atoms with van der Waals surface area (Å²) < 4.78 is 5.09. The van der Waals surface area contributed by atoms with Gasteiger partial charge in [-0.25, -0.2) is 0 Å². The van der Waals surface area contributed by atoms with Gasteiger partial charge in [-0.2, -0.15) is 0 Å². The van der Waals surface area contributed by atoms with Crippen molar-refractivity contribution in [3.8, 4) is 16.8 Å². The minimum atomic E-state index is 1.12. The number of hydrogen-bond acceptors (Lipinski definition) is 2. The number of fused-ring (bicyclic) bond motifs is 9.